The van der Waals surface area contributed by atoms with Gasteiger partial charge in [-0.1, -0.05) is 18.2 Å². The van der Waals surface area contributed by atoms with Gasteiger partial charge in [0.25, 0.3) is 0 Å². The van der Waals surface area contributed by atoms with Crippen molar-refractivity contribution in [2.45, 2.75) is 31.7 Å². The second-order valence-electron chi connectivity index (χ2n) is 6.52. The Morgan fingerprint density at radius 2 is 2.04 bits per heavy atom. The minimum Gasteiger partial charge on any atom is -0.381 e. The summed E-state index contributed by atoms with van der Waals surface area (Å²) in [5.74, 6) is 0.0224. The van der Waals surface area contributed by atoms with Crippen LogP contribution in [-0.4, -0.2) is 45.5 Å². The number of hydrogen-bond donors (Lipinski definition) is 1. The Bertz CT molecular complexity index is 726. The van der Waals surface area contributed by atoms with Crippen LogP contribution in [0.4, 0.5) is 5.69 Å². The highest BCUT2D eigenvalue weighted by Gasteiger charge is 2.24. The lowest BCUT2D eigenvalue weighted by Crippen LogP contribution is -2.45. The van der Waals surface area contributed by atoms with E-state index in [0.717, 1.165) is 25.1 Å². The van der Waals surface area contributed by atoms with Crippen LogP contribution in [0.15, 0.2) is 42.7 Å². The first-order chi connectivity index (χ1) is 12.1. The maximum Gasteiger partial charge on any atom is 0.223 e. The molecule has 25 heavy (non-hydrogen) atoms. The summed E-state index contributed by atoms with van der Waals surface area (Å²) in [6.07, 6.45) is 5.75. The molecule has 3 rings (SSSR count). The summed E-state index contributed by atoms with van der Waals surface area (Å²) in [5, 5.41) is 7.48. The number of carbonyl (C=O) groups is 2. The maximum absolute atomic E-state index is 12.5. The summed E-state index contributed by atoms with van der Waals surface area (Å²) in [6.45, 7) is 1.46. The van der Waals surface area contributed by atoms with Crippen molar-refractivity contribution >= 4 is 17.4 Å². The number of nitrogens with zero attached hydrogens (tertiary/aromatic N) is 3. The fraction of sp³-hybridized carbons (Fsp3) is 0.421. The molecular formula is C19H24N4O2. The Kier molecular flexibility index (Phi) is 5.48. The van der Waals surface area contributed by atoms with Crippen molar-refractivity contribution in [1.82, 2.24) is 14.7 Å². The number of likely N-dealkylation sites (tertiary alicyclic amines) is 1. The van der Waals surface area contributed by atoms with Gasteiger partial charge in [0.05, 0.1) is 11.8 Å². The molecule has 6 heteroatoms. The molecule has 1 aliphatic heterocycles. The molecule has 1 aromatic heterocycles. The summed E-state index contributed by atoms with van der Waals surface area (Å²) in [6, 6.07) is 10.3. The number of hydrogen-bond acceptors (Lipinski definition) is 4. The minimum atomic E-state index is -0.0302. The van der Waals surface area contributed by atoms with E-state index >= 15 is 0 Å². The first kappa shape index (κ1) is 17.2. The highest BCUT2D eigenvalue weighted by molar-refractivity contribution is 5.97. The molecule has 1 aliphatic rings. The maximum atomic E-state index is 12.5. The number of piperidine rings is 1. The fourth-order valence-electron chi connectivity index (χ4n) is 3.18. The smallest absolute Gasteiger partial charge is 0.223 e. The number of para-hydroxylation sites is 1. The Balaban J connectivity index is 1.49. The lowest BCUT2D eigenvalue weighted by molar-refractivity contribution is -0.132. The lowest BCUT2D eigenvalue weighted by atomic mass is 10.0. The third kappa shape index (κ3) is 4.68. The van der Waals surface area contributed by atoms with Crippen LogP contribution < -0.4 is 5.32 Å². The second-order valence-corrected chi connectivity index (χ2v) is 6.52. The third-order valence-corrected chi connectivity index (χ3v) is 4.51. The van der Waals surface area contributed by atoms with E-state index in [1.165, 1.54) is 0 Å². The number of nitrogens with one attached hydrogen (secondary N) is 1. The summed E-state index contributed by atoms with van der Waals surface area (Å²) >= 11 is 0. The molecule has 2 aromatic rings. The summed E-state index contributed by atoms with van der Waals surface area (Å²) < 4.78 is 1.60. The van der Waals surface area contributed by atoms with Gasteiger partial charge in [-0.05, 0) is 25.0 Å². The molecule has 1 atom stereocenters. The first-order valence-corrected chi connectivity index (χ1v) is 8.73. The monoisotopic (exact) mass is 340 g/mol. The quantitative estimate of drug-likeness (QED) is 0.821. The molecule has 0 aliphatic carbocycles. The van der Waals surface area contributed by atoms with E-state index in [2.05, 4.69) is 10.4 Å². The van der Waals surface area contributed by atoms with Gasteiger partial charge < -0.3 is 10.2 Å². The van der Waals surface area contributed by atoms with Gasteiger partial charge in [0, 0.05) is 50.9 Å². The van der Waals surface area contributed by atoms with Crippen LogP contribution in [0.3, 0.4) is 0 Å². The largest absolute Gasteiger partial charge is 0.381 e. The lowest BCUT2D eigenvalue weighted by Gasteiger charge is -2.33. The molecule has 1 N–H and O–H groups in total. The number of rotatable bonds is 6. The zero-order valence-corrected chi connectivity index (χ0v) is 14.5. The molecule has 0 bridgehead atoms. The van der Waals surface area contributed by atoms with Crippen molar-refractivity contribution in [1.29, 1.82) is 0 Å². The summed E-state index contributed by atoms with van der Waals surface area (Å²) in [4.78, 5) is 26.5. The molecular weight excluding hydrogens is 316 g/mol. The third-order valence-electron chi connectivity index (χ3n) is 4.51. The first-order valence-electron chi connectivity index (χ1n) is 8.73. The molecule has 6 nitrogen and oxygen atoms in total. The zero-order valence-electron chi connectivity index (χ0n) is 14.5. The van der Waals surface area contributed by atoms with Crippen molar-refractivity contribution in [3.63, 3.8) is 0 Å². The SMILES string of the molecule is Cn1cc(C(=O)CCC(=O)N2CCC[C@@H](Nc3ccccc3)C2)cn1. The average Bonchev–Trinajstić information content (AvgIpc) is 3.07. The predicted octanol–water partition coefficient (Wildman–Crippen LogP) is 2.49. The van der Waals surface area contributed by atoms with Crippen LogP contribution in [0.2, 0.25) is 0 Å². The van der Waals surface area contributed by atoms with Gasteiger partial charge >= 0.3 is 0 Å². The van der Waals surface area contributed by atoms with E-state index in [1.54, 1.807) is 24.1 Å². The molecule has 132 valence electrons. The van der Waals surface area contributed by atoms with Crippen LogP contribution in [0, 0.1) is 0 Å². The van der Waals surface area contributed by atoms with Crippen LogP contribution in [0.1, 0.15) is 36.0 Å². The topological polar surface area (TPSA) is 67.2 Å². The van der Waals surface area contributed by atoms with Gasteiger partial charge in [-0.15, -0.1) is 0 Å². The van der Waals surface area contributed by atoms with Gasteiger partial charge in [-0.3, -0.25) is 14.3 Å². The van der Waals surface area contributed by atoms with Crippen molar-refractivity contribution in [2.24, 2.45) is 7.05 Å². The number of benzene rings is 1. The van der Waals surface area contributed by atoms with E-state index in [4.69, 9.17) is 0 Å². The summed E-state index contributed by atoms with van der Waals surface area (Å²) in [7, 11) is 1.77. The van der Waals surface area contributed by atoms with Crippen molar-refractivity contribution in [3.05, 3.63) is 48.3 Å². The fourth-order valence-corrected chi connectivity index (χ4v) is 3.18. The second kappa shape index (κ2) is 7.96. The summed E-state index contributed by atoms with van der Waals surface area (Å²) in [5.41, 5.74) is 1.64. The number of amides is 1. The normalized spacial score (nSPS) is 17.3. The number of aryl methyl sites for hydroxylation is 1. The molecule has 0 radical (unpaired) electrons. The highest BCUT2D eigenvalue weighted by atomic mass is 16.2. The van der Waals surface area contributed by atoms with Gasteiger partial charge in [-0.2, -0.15) is 5.10 Å². The molecule has 0 saturated carbocycles. The average molecular weight is 340 g/mol. The Labute approximate surface area is 147 Å². The predicted molar refractivity (Wildman–Crippen MR) is 96.4 cm³/mol. The van der Waals surface area contributed by atoms with E-state index in [-0.39, 0.29) is 30.6 Å². The Morgan fingerprint density at radius 3 is 2.76 bits per heavy atom. The Morgan fingerprint density at radius 1 is 1.24 bits per heavy atom. The van der Waals surface area contributed by atoms with Crippen molar-refractivity contribution in [2.75, 3.05) is 18.4 Å². The molecule has 2 heterocycles. The number of ketones is 1. The van der Waals surface area contributed by atoms with E-state index in [0.29, 0.717) is 12.1 Å². The molecule has 1 aromatic carbocycles. The number of Topliss-reactive ketones (excluding diaryl/α,β-unsaturated/α-hetero) is 1. The van der Waals surface area contributed by atoms with E-state index < -0.39 is 0 Å². The molecule has 1 fully saturated rings. The van der Waals surface area contributed by atoms with E-state index in [9.17, 15) is 9.59 Å². The molecule has 0 spiro atoms. The zero-order chi connectivity index (χ0) is 17.6. The number of aromatic nitrogens is 2. The van der Waals surface area contributed by atoms with E-state index in [1.807, 2.05) is 35.2 Å². The Hall–Kier alpha value is -2.63. The van der Waals surface area contributed by atoms with Crippen LogP contribution in [-0.2, 0) is 11.8 Å². The number of carbonyl (C=O) groups excluding carboxylic acids is 2. The van der Waals surface area contributed by atoms with Crippen LogP contribution in [0.5, 0.6) is 0 Å². The highest BCUT2D eigenvalue weighted by Crippen LogP contribution is 2.17. The standard InChI is InChI=1S/C19H24N4O2/c1-22-13-15(12-20-22)18(24)9-10-19(25)23-11-5-8-17(14-23)21-16-6-3-2-4-7-16/h2-4,6-7,12-13,17,21H,5,8-11,14H2,1H3/t17-/m1/s1. The van der Waals surface area contributed by atoms with Gasteiger partial charge in [0.15, 0.2) is 5.78 Å². The molecule has 1 amide bonds. The molecule has 0 unspecified atom stereocenters. The van der Waals surface area contributed by atoms with Crippen molar-refractivity contribution in [3.8, 4) is 0 Å². The van der Waals surface area contributed by atoms with Gasteiger partial charge in [-0.25, -0.2) is 0 Å². The van der Waals surface area contributed by atoms with Crippen LogP contribution in [0.25, 0.3) is 0 Å². The van der Waals surface area contributed by atoms with Gasteiger partial charge in [0.2, 0.25) is 5.91 Å². The minimum absolute atomic E-state index is 0.0302. The molecule has 1 saturated heterocycles. The number of anilines is 1. The van der Waals surface area contributed by atoms with Crippen LogP contribution >= 0.6 is 0 Å². The van der Waals surface area contributed by atoms with Crippen molar-refractivity contribution < 1.29 is 9.59 Å². The van der Waals surface area contributed by atoms with Gasteiger partial charge in [0.1, 0.15) is 0 Å².